The molecule has 3 aromatic heterocycles. The molecule has 4 rings (SSSR count). The smallest absolute Gasteiger partial charge is 0.219 e. The van der Waals surface area contributed by atoms with Crippen molar-refractivity contribution in [1.29, 1.82) is 0 Å². The standard InChI is InChI=1S/C17H13FN6O/c18-12-2-1-3-13(6-12)25-14-5-4-11(7-19-14)8-20-16-15-17(22-9-21-15)24-10-23-16/h1-7,9-10H,8H2,(H2,20,21,22,23,24). The predicted octanol–water partition coefficient (Wildman–Crippen LogP) is 3.29. The molecule has 7 nitrogen and oxygen atoms in total. The number of imidazole rings is 1. The van der Waals surface area contributed by atoms with Crippen LogP contribution < -0.4 is 10.1 Å². The summed E-state index contributed by atoms with van der Waals surface area (Å²) in [5.41, 5.74) is 2.30. The summed E-state index contributed by atoms with van der Waals surface area (Å²) in [4.78, 5) is 19.6. The van der Waals surface area contributed by atoms with Crippen LogP contribution in [0.5, 0.6) is 11.6 Å². The number of pyridine rings is 1. The van der Waals surface area contributed by atoms with Gasteiger partial charge in [-0.15, -0.1) is 0 Å². The van der Waals surface area contributed by atoms with Gasteiger partial charge in [0, 0.05) is 24.9 Å². The number of fused-ring (bicyclic) bond motifs is 1. The molecule has 4 aromatic rings. The number of anilines is 1. The summed E-state index contributed by atoms with van der Waals surface area (Å²) < 4.78 is 18.7. The highest BCUT2D eigenvalue weighted by molar-refractivity contribution is 5.81. The van der Waals surface area contributed by atoms with Crippen LogP contribution in [0.1, 0.15) is 5.56 Å². The van der Waals surface area contributed by atoms with Gasteiger partial charge in [-0.05, 0) is 17.7 Å². The average molecular weight is 336 g/mol. The summed E-state index contributed by atoms with van der Waals surface area (Å²) in [6.07, 6.45) is 4.72. The quantitative estimate of drug-likeness (QED) is 0.581. The van der Waals surface area contributed by atoms with Crippen LogP contribution in [0.15, 0.2) is 55.2 Å². The first-order valence-electron chi connectivity index (χ1n) is 7.54. The zero-order valence-corrected chi connectivity index (χ0v) is 13.0. The average Bonchev–Trinajstić information content (AvgIpc) is 3.10. The molecule has 0 aliphatic rings. The Kier molecular flexibility index (Phi) is 3.91. The molecule has 0 unspecified atom stereocenters. The van der Waals surface area contributed by atoms with Crippen LogP contribution in [-0.4, -0.2) is 24.9 Å². The number of halogens is 1. The van der Waals surface area contributed by atoms with E-state index in [1.807, 2.05) is 6.07 Å². The Balaban J connectivity index is 1.43. The molecule has 0 aliphatic heterocycles. The van der Waals surface area contributed by atoms with Crippen molar-refractivity contribution in [3.8, 4) is 11.6 Å². The molecule has 0 saturated heterocycles. The third-order valence-electron chi connectivity index (χ3n) is 3.50. The number of ether oxygens (including phenoxy) is 1. The molecule has 0 spiro atoms. The summed E-state index contributed by atoms with van der Waals surface area (Å²) in [5, 5.41) is 3.21. The second-order valence-corrected chi connectivity index (χ2v) is 5.24. The van der Waals surface area contributed by atoms with Crippen molar-refractivity contribution in [2.45, 2.75) is 6.54 Å². The molecule has 0 aliphatic carbocycles. The van der Waals surface area contributed by atoms with Crippen LogP contribution in [-0.2, 0) is 6.54 Å². The van der Waals surface area contributed by atoms with Gasteiger partial charge in [0.25, 0.3) is 0 Å². The molecular formula is C17H13FN6O. The van der Waals surface area contributed by atoms with Crippen molar-refractivity contribution in [1.82, 2.24) is 24.9 Å². The number of nitrogens with zero attached hydrogens (tertiary/aromatic N) is 4. The molecule has 2 N–H and O–H groups in total. The van der Waals surface area contributed by atoms with Crippen LogP contribution in [0, 0.1) is 5.82 Å². The second kappa shape index (κ2) is 6.52. The topological polar surface area (TPSA) is 88.6 Å². The van der Waals surface area contributed by atoms with Gasteiger partial charge >= 0.3 is 0 Å². The van der Waals surface area contributed by atoms with E-state index in [0.717, 1.165) is 11.1 Å². The van der Waals surface area contributed by atoms with Crippen LogP contribution in [0.4, 0.5) is 10.2 Å². The molecule has 124 valence electrons. The first kappa shape index (κ1) is 15.0. The fourth-order valence-electron chi connectivity index (χ4n) is 2.31. The number of nitrogens with one attached hydrogen (secondary N) is 2. The Morgan fingerprint density at radius 2 is 2.04 bits per heavy atom. The highest BCUT2D eigenvalue weighted by atomic mass is 19.1. The van der Waals surface area contributed by atoms with Crippen molar-refractivity contribution in [2.24, 2.45) is 0 Å². The number of aromatic nitrogens is 5. The van der Waals surface area contributed by atoms with Gasteiger partial charge < -0.3 is 15.0 Å². The van der Waals surface area contributed by atoms with Gasteiger partial charge in [-0.3, -0.25) is 0 Å². The van der Waals surface area contributed by atoms with Gasteiger partial charge in [0.2, 0.25) is 5.88 Å². The molecule has 0 bridgehead atoms. The van der Waals surface area contributed by atoms with Gasteiger partial charge in [-0.2, -0.15) is 0 Å². The summed E-state index contributed by atoms with van der Waals surface area (Å²) in [7, 11) is 0. The minimum Gasteiger partial charge on any atom is -0.439 e. The Labute approximate surface area is 142 Å². The minimum atomic E-state index is -0.353. The Hall–Kier alpha value is -3.55. The van der Waals surface area contributed by atoms with E-state index in [-0.39, 0.29) is 5.82 Å². The van der Waals surface area contributed by atoms with E-state index in [1.165, 1.54) is 18.5 Å². The van der Waals surface area contributed by atoms with Crippen molar-refractivity contribution in [2.75, 3.05) is 5.32 Å². The van der Waals surface area contributed by atoms with Crippen LogP contribution in [0.3, 0.4) is 0 Å². The maximum Gasteiger partial charge on any atom is 0.219 e. The van der Waals surface area contributed by atoms with Gasteiger partial charge in [0.15, 0.2) is 11.5 Å². The monoisotopic (exact) mass is 336 g/mol. The van der Waals surface area contributed by atoms with E-state index in [4.69, 9.17) is 4.74 Å². The van der Waals surface area contributed by atoms with Crippen molar-refractivity contribution in [3.63, 3.8) is 0 Å². The van der Waals surface area contributed by atoms with Crippen molar-refractivity contribution in [3.05, 3.63) is 66.6 Å². The zero-order chi connectivity index (χ0) is 17.1. The SMILES string of the molecule is Fc1cccc(Oc2ccc(CNc3ncnc4nc[nH]c34)cn2)c1. The van der Waals surface area contributed by atoms with Gasteiger partial charge in [-0.25, -0.2) is 24.3 Å². The van der Waals surface area contributed by atoms with Crippen LogP contribution in [0.2, 0.25) is 0 Å². The largest absolute Gasteiger partial charge is 0.439 e. The summed E-state index contributed by atoms with van der Waals surface area (Å²) in [5.74, 6) is 1.12. The third kappa shape index (κ3) is 3.37. The summed E-state index contributed by atoms with van der Waals surface area (Å²) in [6, 6.07) is 9.53. The number of H-pyrrole nitrogens is 1. The Bertz CT molecular complexity index is 1000. The van der Waals surface area contributed by atoms with Gasteiger partial charge in [0.1, 0.15) is 23.4 Å². The number of rotatable bonds is 5. The van der Waals surface area contributed by atoms with E-state index >= 15 is 0 Å². The fourth-order valence-corrected chi connectivity index (χ4v) is 2.31. The Morgan fingerprint density at radius 3 is 2.88 bits per heavy atom. The molecule has 0 fully saturated rings. The van der Waals surface area contributed by atoms with E-state index < -0.39 is 0 Å². The maximum atomic E-state index is 13.2. The molecule has 0 amide bonds. The van der Waals surface area contributed by atoms with Crippen molar-refractivity contribution >= 4 is 17.0 Å². The third-order valence-corrected chi connectivity index (χ3v) is 3.50. The van der Waals surface area contributed by atoms with Crippen LogP contribution in [0.25, 0.3) is 11.2 Å². The first-order chi connectivity index (χ1) is 12.3. The second-order valence-electron chi connectivity index (χ2n) is 5.24. The zero-order valence-electron chi connectivity index (χ0n) is 13.0. The predicted molar refractivity (Wildman–Crippen MR) is 89.7 cm³/mol. The molecular weight excluding hydrogens is 323 g/mol. The highest BCUT2D eigenvalue weighted by Gasteiger charge is 2.06. The lowest BCUT2D eigenvalue weighted by atomic mass is 10.3. The Morgan fingerprint density at radius 1 is 1.08 bits per heavy atom. The lowest BCUT2D eigenvalue weighted by Crippen LogP contribution is -2.03. The number of hydrogen-bond acceptors (Lipinski definition) is 6. The molecule has 25 heavy (non-hydrogen) atoms. The first-order valence-corrected chi connectivity index (χ1v) is 7.54. The number of aromatic amines is 1. The molecule has 1 aromatic carbocycles. The minimum absolute atomic E-state index is 0.353. The molecule has 3 heterocycles. The highest BCUT2D eigenvalue weighted by Crippen LogP contribution is 2.20. The molecule has 0 saturated carbocycles. The van der Waals surface area contributed by atoms with E-state index in [2.05, 4.69) is 30.2 Å². The van der Waals surface area contributed by atoms with Gasteiger partial charge in [0.05, 0.1) is 6.33 Å². The molecule has 8 heteroatoms. The van der Waals surface area contributed by atoms with Gasteiger partial charge in [-0.1, -0.05) is 12.1 Å². The summed E-state index contributed by atoms with van der Waals surface area (Å²) >= 11 is 0. The van der Waals surface area contributed by atoms with E-state index in [0.29, 0.717) is 29.6 Å². The summed E-state index contributed by atoms with van der Waals surface area (Å²) in [6.45, 7) is 0.526. The van der Waals surface area contributed by atoms with Crippen LogP contribution >= 0.6 is 0 Å². The lowest BCUT2D eigenvalue weighted by molar-refractivity contribution is 0.458. The lowest BCUT2D eigenvalue weighted by Gasteiger charge is -2.07. The maximum absolute atomic E-state index is 13.2. The van der Waals surface area contributed by atoms with E-state index in [9.17, 15) is 4.39 Å². The fraction of sp³-hybridized carbons (Fsp3) is 0.0588. The van der Waals surface area contributed by atoms with E-state index in [1.54, 1.807) is 30.7 Å². The molecule has 0 atom stereocenters. The normalized spacial score (nSPS) is 10.8. The number of benzene rings is 1. The number of hydrogen-bond donors (Lipinski definition) is 2. The molecule has 0 radical (unpaired) electrons. The van der Waals surface area contributed by atoms with Crippen molar-refractivity contribution < 1.29 is 9.13 Å².